The van der Waals surface area contributed by atoms with Gasteiger partial charge in [0.25, 0.3) is 0 Å². The van der Waals surface area contributed by atoms with Gasteiger partial charge in [-0.3, -0.25) is 4.79 Å². The maximum atomic E-state index is 11.5. The van der Waals surface area contributed by atoms with Crippen LogP contribution < -0.4 is 4.74 Å². The van der Waals surface area contributed by atoms with Gasteiger partial charge in [0.1, 0.15) is 11.3 Å². The van der Waals surface area contributed by atoms with Gasteiger partial charge in [-0.25, -0.2) is 4.79 Å². The van der Waals surface area contributed by atoms with E-state index in [9.17, 15) is 14.7 Å². The van der Waals surface area contributed by atoms with E-state index in [-0.39, 0.29) is 30.2 Å². The number of hydrogen-bond acceptors (Lipinski definition) is 3. The molecule has 5 nitrogen and oxygen atoms in total. The smallest absolute Gasteiger partial charge is 0.339 e. The summed E-state index contributed by atoms with van der Waals surface area (Å²) in [6.45, 7) is 0.148. The number of aromatic carboxylic acids is 1. The molecule has 1 N–H and O–H groups in total. The van der Waals surface area contributed by atoms with Crippen LogP contribution in [-0.4, -0.2) is 42.6 Å². The Hall–Kier alpha value is -2.56. The Kier molecular flexibility index (Phi) is 4.42. The Morgan fingerprint density at radius 2 is 1.76 bits per heavy atom. The van der Waals surface area contributed by atoms with Gasteiger partial charge in [-0.1, -0.05) is 24.3 Å². The largest absolute Gasteiger partial charge is 0.492 e. The van der Waals surface area contributed by atoms with Gasteiger partial charge < -0.3 is 14.7 Å². The van der Waals surface area contributed by atoms with Crippen molar-refractivity contribution in [3.8, 4) is 5.75 Å². The molecule has 0 aliphatic carbocycles. The third-order valence-electron chi connectivity index (χ3n) is 3.15. The number of carbonyl (C=O) groups is 2. The summed E-state index contributed by atoms with van der Waals surface area (Å²) in [7, 11) is 3.34. The highest BCUT2D eigenvalue weighted by molar-refractivity contribution is 5.97. The lowest BCUT2D eigenvalue weighted by molar-refractivity contribution is -0.129. The quantitative estimate of drug-likeness (QED) is 0.917. The molecule has 0 fully saturated rings. The molecule has 0 bridgehead atoms. The topological polar surface area (TPSA) is 66.8 Å². The molecule has 0 saturated carbocycles. The van der Waals surface area contributed by atoms with Crippen molar-refractivity contribution in [2.75, 3.05) is 20.7 Å². The summed E-state index contributed by atoms with van der Waals surface area (Å²) in [5.74, 6) is -0.824. The Balaban J connectivity index is 2.23. The summed E-state index contributed by atoms with van der Waals surface area (Å²) in [6.07, 6.45) is 0.207. The number of fused-ring (bicyclic) bond motifs is 1. The molecule has 2 aromatic carbocycles. The SMILES string of the molecule is CN(C)C(=O)CCOc1cc2ccccc2cc1C(=O)O. The molecule has 0 spiro atoms. The first-order chi connectivity index (χ1) is 9.99. The summed E-state index contributed by atoms with van der Waals surface area (Å²) in [5, 5.41) is 11.0. The Bertz CT molecular complexity index is 679. The average molecular weight is 287 g/mol. The fourth-order valence-electron chi connectivity index (χ4n) is 1.98. The van der Waals surface area contributed by atoms with Gasteiger partial charge in [0.2, 0.25) is 5.91 Å². The average Bonchev–Trinajstić information content (AvgIpc) is 2.46. The molecule has 5 heteroatoms. The fourth-order valence-corrected chi connectivity index (χ4v) is 1.98. The third kappa shape index (κ3) is 3.51. The number of ether oxygens (including phenoxy) is 1. The van der Waals surface area contributed by atoms with Gasteiger partial charge in [0, 0.05) is 14.1 Å². The highest BCUT2D eigenvalue weighted by atomic mass is 16.5. The number of rotatable bonds is 5. The van der Waals surface area contributed by atoms with Crippen LogP contribution in [0.25, 0.3) is 10.8 Å². The zero-order valence-corrected chi connectivity index (χ0v) is 12.0. The van der Waals surface area contributed by atoms with Crippen LogP contribution in [0.1, 0.15) is 16.8 Å². The second-order valence-electron chi connectivity index (χ2n) is 4.89. The lowest BCUT2D eigenvalue weighted by atomic mass is 10.1. The zero-order valence-electron chi connectivity index (χ0n) is 12.0. The molecule has 21 heavy (non-hydrogen) atoms. The van der Waals surface area contributed by atoms with Crippen LogP contribution in [0.2, 0.25) is 0 Å². The monoisotopic (exact) mass is 287 g/mol. The highest BCUT2D eigenvalue weighted by Crippen LogP contribution is 2.26. The van der Waals surface area contributed by atoms with E-state index in [1.807, 2.05) is 24.3 Å². The molecule has 1 amide bonds. The Morgan fingerprint density at radius 1 is 1.14 bits per heavy atom. The van der Waals surface area contributed by atoms with Crippen LogP contribution >= 0.6 is 0 Å². The summed E-state index contributed by atoms with van der Waals surface area (Å²) >= 11 is 0. The van der Waals surface area contributed by atoms with Crippen molar-refractivity contribution in [3.63, 3.8) is 0 Å². The van der Waals surface area contributed by atoms with E-state index in [4.69, 9.17) is 4.74 Å². The predicted molar refractivity (Wildman–Crippen MR) is 79.7 cm³/mol. The van der Waals surface area contributed by atoms with E-state index >= 15 is 0 Å². The van der Waals surface area contributed by atoms with Crippen LogP contribution in [-0.2, 0) is 4.79 Å². The van der Waals surface area contributed by atoms with Gasteiger partial charge in [0.15, 0.2) is 0 Å². The standard InChI is InChI=1S/C16H17NO4/c1-17(2)15(18)7-8-21-14-10-12-6-4-3-5-11(12)9-13(14)16(19)20/h3-6,9-10H,7-8H2,1-2H3,(H,19,20). The van der Waals surface area contributed by atoms with E-state index in [1.54, 1.807) is 26.2 Å². The number of benzene rings is 2. The molecule has 2 rings (SSSR count). The van der Waals surface area contributed by atoms with Crippen molar-refractivity contribution in [1.29, 1.82) is 0 Å². The van der Waals surface area contributed by atoms with Crippen LogP contribution in [0.3, 0.4) is 0 Å². The van der Waals surface area contributed by atoms with E-state index < -0.39 is 5.97 Å². The number of hydrogen-bond donors (Lipinski definition) is 1. The van der Waals surface area contributed by atoms with Crippen molar-refractivity contribution in [1.82, 2.24) is 4.90 Å². The lowest BCUT2D eigenvalue weighted by Gasteiger charge is -2.13. The zero-order chi connectivity index (χ0) is 15.4. The molecule has 0 aromatic heterocycles. The van der Waals surface area contributed by atoms with Gasteiger partial charge in [0.05, 0.1) is 13.0 Å². The van der Waals surface area contributed by atoms with E-state index in [0.717, 1.165) is 10.8 Å². The first-order valence-corrected chi connectivity index (χ1v) is 6.58. The fraction of sp³-hybridized carbons (Fsp3) is 0.250. The van der Waals surface area contributed by atoms with E-state index in [0.29, 0.717) is 0 Å². The van der Waals surface area contributed by atoms with Gasteiger partial charge in [-0.2, -0.15) is 0 Å². The summed E-state index contributed by atoms with van der Waals surface area (Å²) in [6, 6.07) is 10.7. The molecule has 0 aliphatic heterocycles. The molecule has 0 unspecified atom stereocenters. The van der Waals surface area contributed by atoms with Crippen molar-refractivity contribution in [2.24, 2.45) is 0 Å². The van der Waals surface area contributed by atoms with Crippen LogP contribution in [0.15, 0.2) is 36.4 Å². The minimum absolute atomic E-state index is 0.0623. The van der Waals surface area contributed by atoms with Gasteiger partial charge in [-0.05, 0) is 22.9 Å². The summed E-state index contributed by atoms with van der Waals surface area (Å²) < 4.78 is 5.50. The van der Waals surface area contributed by atoms with Crippen molar-refractivity contribution >= 4 is 22.6 Å². The van der Waals surface area contributed by atoms with E-state index in [2.05, 4.69) is 0 Å². The maximum absolute atomic E-state index is 11.5. The molecular weight excluding hydrogens is 270 g/mol. The lowest BCUT2D eigenvalue weighted by Crippen LogP contribution is -2.23. The molecule has 2 aromatic rings. The highest BCUT2D eigenvalue weighted by Gasteiger charge is 2.13. The van der Waals surface area contributed by atoms with Crippen molar-refractivity contribution < 1.29 is 19.4 Å². The minimum Gasteiger partial charge on any atom is -0.492 e. The van der Waals surface area contributed by atoms with E-state index in [1.165, 1.54) is 4.90 Å². The second-order valence-corrected chi connectivity index (χ2v) is 4.89. The van der Waals surface area contributed by atoms with Gasteiger partial charge >= 0.3 is 5.97 Å². The summed E-state index contributed by atoms with van der Waals surface area (Å²) in [4.78, 5) is 24.3. The maximum Gasteiger partial charge on any atom is 0.339 e. The molecule has 110 valence electrons. The predicted octanol–water partition coefficient (Wildman–Crippen LogP) is 2.40. The number of carbonyl (C=O) groups excluding carboxylic acids is 1. The molecule has 0 heterocycles. The first-order valence-electron chi connectivity index (χ1n) is 6.58. The van der Waals surface area contributed by atoms with Crippen molar-refractivity contribution in [3.05, 3.63) is 42.0 Å². The third-order valence-corrected chi connectivity index (χ3v) is 3.15. The molecular formula is C16H17NO4. The minimum atomic E-state index is -1.05. The summed E-state index contributed by atoms with van der Waals surface area (Å²) in [5.41, 5.74) is 0.103. The van der Waals surface area contributed by atoms with Crippen LogP contribution in [0, 0.1) is 0 Å². The molecule has 0 aliphatic rings. The number of amides is 1. The number of nitrogens with zero attached hydrogens (tertiary/aromatic N) is 1. The first kappa shape index (κ1) is 14.8. The second kappa shape index (κ2) is 6.26. The van der Waals surface area contributed by atoms with Gasteiger partial charge in [-0.15, -0.1) is 0 Å². The molecule has 0 radical (unpaired) electrons. The molecule has 0 saturated heterocycles. The molecule has 0 atom stereocenters. The Labute approximate surface area is 122 Å². The van der Waals surface area contributed by atoms with Crippen molar-refractivity contribution in [2.45, 2.75) is 6.42 Å². The number of carboxylic acids is 1. The van der Waals surface area contributed by atoms with Crippen LogP contribution in [0.5, 0.6) is 5.75 Å². The number of carboxylic acid groups (broad SMARTS) is 1. The van der Waals surface area contributed by atoms with Crippen LogP contribution in [0.4, 0.5) is 0 Å². The normalized spacial score (nSPS) is 10.4. The Morgan fingerprint density at radius 3 is 2.33 bits per heavy atom.